The highest BCUT2D eigenvalue weighted by Crippen LogP contribution is 2.27. The Bertz CT molecular complexity index is 598. The van der Waals surface area contributed by atoms with Gasteiger partial charge in [-0.1, -0.05) is 37.0 Å². The first kappa shape index (κ1) is 16.0. The van der Waals surface area contributed by atoms with E-state index in [1.165, 1.54) is 6.42 Å². The molecule has 5 heteroatoms. The van der Waals surface area contributed by atoms with Gasteiger partial charge in [-0.2, -0.15) is 8.42 Å². The van der Waals surface area contributed by atoms with E-state index < -0.39 is 10.0 Å². The van der Waals surface area contributed by atoms with Crippen LogP contribution in [0.4, 0.5) is 0 Å². The Hall–Kier alpha value is -1.36. The van der Waals surface area contributed by atoms with Crippen molar-refractivity contribution in [1.29, 1.82) is 0 Å². The van der Waals surface area contributed by atoms with Crippen LogP contribution in [0.15, 0.2) is 33.6 Å². The molecule has 0 radical (unpaired) electrons. The maximum Gasteiger partial charge on any atom is 0.283 e. The summed E-state index contributed by atoms with van der Waals surface area (Å²) < 4.78 is 29.1. The van der Waals surface area contributed by atoms with E-state index in [-0.39, 0.29) is 10.8 Å². The maximum atomic E-state index is 12.5. The molecule has 1 aromatic rings. The van der Waals surface area contributed by atoms with Crippen molar-refractivity contribution in [2.24, 2.45) is 10.3 Å². The number of hydrogen-bond acceptors (Lipinski definition) is 2. The van der Waals surface area contributed by atoms with Crippen molar-refractivity contribution >= 4 is 15.9 Å². The first-order valence-corrected chi connectivity index (χ1v) is 8.93. The molecule has 0 heterocycles. The minimum absolute atomic E-state index is 0.258. The third-order valence-corrected chi connectivity index (χ3v) is 5.26. The third-order valence-electron chi connectivity index (χ3n) is 3.96. The Morgan fingerprint density at radius 2 is 1.67 bits per heavy atom. The van der Waals surface area contributed by atoms with Crippen molar-refractivity contribution in [1.82, 2.24) is 4.90 Å². The van der Waals surface area contributed by atoms with Crippen LogP contribution in [-0.2, 0) is 10.0 Å². The van der Waals surface area contributed by atoms with Crippen molar-refractivity contribution < 1.29 is 8.42 Å². The van der Waals surface area contributed by atoms with Crippen LogP contribution >= 0.6 is 0 Å². The second kappa shape index (κ2) is 6.60. The highest BCUT2D eigenvalue weighted by molar-refractivity contribution is 7.90. The van der Waals surface area contributed by atoms with Gasteiger partial charge in [0.1, 0.15) is 5.84 Å². The van der Waals surface area contributed by atoms with Crippen molar-refractivity contribution in [3.63, 3.8) is 0 Å². The summed E-state index contributed by atoms with van der Waals surface area (Å²) in [6, 6.07) is 6.86. The second-order valence-electron chi connectivity index (χ2n) is 5.97. The summed E-state index contributed by atoms with van der Waals surface area (Å²) in [6.07, 6.45) is 5.60. The normalized spacial score (nSPS) is 17.8. The Morgan fingerprint density at radius 1 is 1.10 bits per heavy atom. The molecular formula is C16H24N2O2S. The molecule has 1 aliphatic carbocycles. The molecule has 0 N–H and O–H groups in total. The van der Waals surface area contributed by atoms with E-state index in [4.69, 9.17) is 0 Å². The molecule has 0 atom stereocenters. The summed E-state index contributed by atoms with van der Waals surface area (Å²) >= 11 is 0. The number of benzene rings is 1. The van der Waals surface area contributed by atoms with Crippen molar-refractivity contribution in [3.8, 4) is 0 Å². The standard InChI is InChI=1S/C16H24N2O2S/c1-13-9-11-15(12-10-13)21(19,20)17-16(18(2)3)14-7-5-4-6-8-14/h9-12,14H,4-8H2,1-3H3. The smallest absolute Gasteiger partial charge is 0.283 e. The molecule has 0 aromatic heterocycles. The van der Waals surface area contributed by atoms with Crippen LogP contribution in [0.25, 0.3) is 0 Å². The lowest BCUT2D eigenvalue weighted by Crippen LogP contribution is -2.32. The number of nitrogens with zero attached hydrogens (tertiary/aromatic N) is 2. The molecule has 0 bridgehead atoms. The molecule has 1 saturated carbocycles. The Kier molecular flexibility index (Phi) is 5.04. The number of rotatable bonds is 3. The molecule has 2 rings (SSSR count). The average molecular weight is 308 g/mol. The summed E-state index contributed by atoms with van der Waals surface area (Å²) in [5.74, 6) is 0.948. The van der Waals surface area contributed by atoms with E-state index >= 15 is 0 Å². The molecule has 1 aliphatic rings. The third kappa shape index (κ3) is 4.06. The van der Waals surface area contributed by atoms with Gasteiger partial charge in [-0.25, -0.2) is 0 Å². The van der Waals surface area contributed by atoms with E-state index in [2.05, 4.69) is 4.40 Å². The fraction of sp³-hybridized carbons (Fsp3) is 0.562. The lowest BCUT2D eigenvalue weighted by molar-refractivity contribution is 0.408. The van der Waals surface area contributed by atoms with Gasteiger partial charge in [-0.3, -0.25) is 0 Å². The van der Waals surface area contributed by atoms with Crippen LogP contribution in [0.5, 0.6) is 0 Å². The van der Waals surface area contributed by atoms with Gasteiger partial charge >= 0.3 is 0 Å². The fourth-order valence-electron chi connectivity index (χ4n) is 2.77. The second-order valence-corrected chi connectivity index (χ2v) is 7.57. The molecule has 0 unspecified atom stereocenters. The quantitative estimate of drug-likeness (QED) is 0.636. The highest BCUT2D eigenvalue weighted by atomic mass is 32.2. The summed E-state index contributed by atoms with van der Waals surface area (Å²) in [6.45, 7) is 1.94. The van der Waals surface area contributed by atoms with Gasteiger partial charge in [0.15, 0.2) is 0 Å². The fourth-order valence-corrected chi connectivity index (χ4v) is 3.91. The largest absolute Gasteiger partial charge is 0.365 e. The van der Waals surface area contributed by atoms with Gasteiger partial charge in [0.25, 0.3) is 10.0 Å². The Morgan fingerprint density at radius 3 is 2.19 bits per heavy atom. The first-order chi connectivity index (χ1) is 9.90. The molecule has 1 aromatic carbocycles. The van der Waals surface area contributed by atoms with Crippen LogP contribution in [-0.4, -0.2) is 33.2 Å². The van der Waals surface area contributed by atoms with Crippen molar-refractivity contribution in [2.75, 3.05) is 14.1 Å². The lowest BCUT2D eigenvalue weighted by Gasteiger charge is -2.27. The van der Waals surface area contributed by atoms with Crippen LogP contribution in [0.3, 0.4) is 0 Å². The predicted octanol–water partition coefficient (Wildman–Crippen LogP) is 3.22. The molecule has 0 saturated heterocycles. The van der Waals surface area contributed by atoms with E-state index in [0.29, 0.717) is 5.84 Å². The molecular weight excluding hydrogens is 284 g/mol. The van der Waals surface area contributed by atoms with E-state index in [0.717, 1.165) is 31.2 Å². The lowest BCUT2D eigenvalue weighted by atomic mass is 9.88. The first-order valence-electron chi connectivity index (χ1n) is 7.49. The van der Waals surface area contributed by atoms with Crippen LogP contribution in [0.2, 0.25) is 0 Å². The van der Waals surface area contributed by atoms with Gasteiger partial charge in [0, 0.05) is 20.0 Å². The van der Waals surface area contributed by atoms with Crippen molar-refractivity contribution in [2.45, 2.75) is 43.9 Å². The van der Waals surface area contributed by atoms with Gasteiger partial charge in [0.05, 0.1) is 4.90 Å². The zero-order chi connectivity index (χ0) is 15.5. The summed E-state index contributed by atoms with van der Waals surface area (Å²) in [4.78, 5) is 2.12. The minimum Gasteiger partial charge on any atom is -0.365 e. The van der Waals surface area contributed by atoms with Gasteiger partial charge in [0.2, 0.25) is 0 Å². The number of amidine groups is 1. The topological polar surface area (TPSA) is 49.7 Å². The number of aryl methyl sites for hydroxylation is 1. The van der Waals surface area contributed by atoms with E-state index in [9.17, 15) is 8.42 Å². The highest BCUT2D eigenvalue weighted by Gasteiger charge is 2.24. The Balaban J connectivity index is 2.33. The number of sulfonamides is 1. The van der Waals surface area contributed by atoms with Gasteiger partial charge < -0.3 is 4.90 Å². The molecule has 21 heavy (non-hydrogen) atoms. The molecule has 0 amide bonds. The van der Waals surface area contributed by atoms with Crippen LogP contribution < -0.4 is 0 Å². The average Bonchev–Trinajstić information content (AvgIpc) is 2.46. The number of hydrogen-bond donors (Lipinski definition) is 0. The molecule has 116 valence electrons. The summed E-state index contributed by atoms with van der Waals surface area (Å²) in [7, 11) is 0.122. The summed E-state index contributed by atoms with van der Waals surface area (Å²) in [5.41, 5.74) is 1.04. The Labute approximate surface area is 127 Å². The monoisotopic (exact) mass is 308 g/mol. The molecule has 4 nitrogen and oxygen atoms in total. The van der Waals surface area contributed by atoms with Gasteiger partial charge in [-0.15, -0.1) is 4.40 Å². The molecule has 0 aliphatic heterocycles. The molecule has 1 fully saturated rings. The predicted molar refractivity (Wildman–Crippen MR) is 86.1 cm³/mol. The SMILES string of the molecule is Cc1ccc(S(=O)(=O)N=C(C2CCCCC2)N(C)C)cc1. The van der Waals surface area contributed by atoms with Crippen LogP contribution in [0, 0.1) is 12.8 Å². The van der Waals surface area contributed by atoms with Gasteiger partial charge in [-0.05, 0) is 31.9 Å². The van der Waals surface area contributed by atoms with Crippen molar-refractivity contribution in [3.05, 3.63) is 29.8 Å². The zero-order valence-electron chi connectivity index (χ0n) is 13.0. The minimum atomic E-state index is -3.62. The van der Waals surface area contributed by atoms with Crippen LogP contribution in [0.1, 0.15) is 37.7 Å². The summed E-state index contributed by atoms with van der Waals surface area (Å²) in [5, 5.41) is 0. The van der Waals surface area contributed by atoms with E-state index in [1.54, 1.807) is 24.3 Å². The maximum absolute atomic E-state index is 12.5. The zero-order valence-corrected chi connectivity index (χ0v) is 13.9. The van der Waals surface area contributed by atoms with E-state index in [1.807, 2.05) is 25.9 Å². The molecule has 0 spiro atoms.